The van der Waals surface area contributed by atoms with Gasteiger partial charge in [0.05, 0.1) is 5.69 Å². The van der Waals surface area contributed by atoms with Crippen molar-refractivity contribution in [1.29, 1.82) is 0 Å². The zero-order valence-electron chi connectivity index (χ0n) is 18.0. The maximum atomic E-state index is 12.7. The van der Waals surface area contributed by atoms with Crippen molar-refractivity contribution in [2.75, 3.05) is 25.0 Å². The van der Waals surface area contributed by atoms with Gasteiger partial charge in [0, 0.05) is 38.2 Å². The summed E-state index contributed by atoms with van der Waals surface area (Å²) in [6.45, 7) is 2.48. The zero-order chi connectivity index (χ0) is 22.2. The number of nitrogens with zero attached hydrogens (tertiary/aromatic N) is 1. The molecule has 6 heteroatoms. The lowest BCUT2D eigenvalue weighted by atomic mass is 9.92. The molecule has 2 amide bonds. The third-order valence-corrected chi connectivity index (χ3v) is 5.72. The Balaban J connectivity index is 1.34. The number of piperidine rings is 1. The van der Waals surface area contributed by atoms with E-state index in [-0.39, 0.29) is 24.6 Å². The number of anilines is 1. The molecule has 0 saturated carbocycles. The number of nitrogens with one attached hydrogen (secondary N) is 2. The van der Waals surface area contributed by atoms with Crippen molar-refractivity contribution in [2.45, 2.75) is 19.0 Å². The maximum absolute atomic E-state index is 12.7. The second-order valence-corrected chi connectivity index (χ2v) is 8.07. The fraction of sp³-hybridized carbons (Fsp3) is 0.269. The average molecular weight is 432 g/mol. The molecule has 6 nitrogen and oxygen atoms in total. The molecule has 1 heterocycles. The van der Waals surface area contributed by atoms with Crippen LogP contribution in [-0.2, 0) is 6.54 Å². The highest BCUT2D eigenvalue weighted by molar-refractivity contribution is 5.91. The van der Waals surface area contributed by atoms with Gasteiger partial charge in [-0.1, -0.05) is 60.7 Å². The first-order valence-electron chi connectivity index (χ1n) is 11.0. The monoisotopic (exact) mass is 431 g/mol. The van der Waals surface area contributed by atoms with Gasteiger partial charge in [0.15, 0.2) is 5.75 Å². The van der Waals surface area contributed by atoms with E-state index in [9.17, 15) is 9.90 Å². The molecule has 0 unspecified atom stereocenters. The Morgan fingerprint density at radius 2 is 1.66 bits per heavy atom. The van der Waals surface area contributed by atoms with Crippen LogP contribution in [0.15, 0.2) is 84.9 Å². The van der Waals surface area contributed by atoms with Crippen LogP contribution >= 0.6 is 0 Å². The number of amides is 2. The standard InChI is InChI=1S/C26H29N3O3/c30-19-21-18-29(17-20-9-3-1-4-10-20)16-15-23(21)27-26(31)28-24-13-7-8-14-25(24)32-22-11-5-2-6-12-22/h1-14,21,23,30H,15-19H2,(H2,27,28,31)/t21-,23+/m0/s1. The second kappa shape index (κ2) is 10.8. The summed E-state index contributed by atoms with van der Waals surface area (Å²) in [6, 6.07) is 26.7. The highest BCUT2D eigenvalue weighted by Gasteiger charge is 2.30. The van der Waals surface area contributed by atoms with Gasteiger partial charge in [-0.05, 0) is 36.2 Å². The van der Waals surface area contributed by atoms with Crippen molar-refractivity contribution in [2.24, 2.45) is 5.92 Å². The van der Waals surface area contributed by atoms with E-state index in [1.165, 1.54) is 5.56 Å². The second-order valence-electron chi connectivity index (χ2n) is 8.07. The van der Waals surface area contributed by atoms with Gasteiger partial charge in [0.1, 0.15) is 5.75 Å². The summed E-state index contributed by atoms with van der Waals surface area (Å²) in [5.41, 5.74) is 1.85. The van der Waals surface area contributed by atoms with Crippen LogP contribution in [0.1, 0.15) is 12.0 Å². The van der Waals surface area contributed by atoms with E-state index < -0.39 is 0 Å². The van der Waals surface area contributed by atoms with E-state index >= 15 is 0 Å². The molecule has 166 valence electrons. The molecule has 0 spiro atoms. The van der Waals surface area contributed by atoms with Crippen LogP contribution in [0.4, 0.5) is 10.5 Å². The Morgan fingerprint density at radius 1 is 0.969 bits per heavy atom. The van der Waals surface area contributed by atoms with Gasteiger partial charge in [0.2, 0.25) is 0 Å². The summed E-state index contributed by atoms with van der Waals surface area (Å²) in [7, 11) is 0. The number of ether oxygens (including phenoxy) is 1. The van der Waals surface area contributed by atoms with Gasteiger partial charge in [0.25, 0.3) is 0 Å². The molecular formula is C26H29N3O3. The molecule has 1 fully saturated rings. The van der Waals surface area contributed by atoms with Crippen molar-refractivity contribution in [3.8, 4) is 11.5 Å². The third-order valence-electron chi connectivity index (χ3n) is 5.72. The Bertz CT molecular complexity index is 997. The number of para-hydroxylation sites is 3. The van der Waals surface area contributed by atoms with Crippen molar-refractivity contribution in [3.05, 3.63) is 90.5 Å². The van der Waals surface area contributed by atoms with Crippen LogP contribution in [-0.4, -0.2) is 41.8 Å². The van der Waals surface area contributed by atoms with Crippen molar-refractivity contribution < 1.29 is 14.6 Å². The molecule has 1 aliphatic rings. The summed E-state index contributed by atoms with van der Waals surface area (Å²) in [5.74, 6) is 1.26. The number of urea groups is 1. The molecule has 4 rings (SSSR count). The minimum atomic E-state index is -0.297. The fourth-order valence-electron chi connectivity index (χ4n) is 4.07. The molecule has 3 aromatic rings. The molecule has 1 aliphatic heterocycles. The number of hydrogen-bond donors (Lipinski definition) is 3. The predicted octanol–water partition coefficient (Wildman–Crippen LogP) is 4.48. The number of likely N-dealkylation sites (tertiary alicyclic amines) is 1. The van der Waals surface area contributed by atoms with Crippen LogP contribution in [0.5, 0.6) is 11.5 Å². The van der Waals surface area contributed by atoms with Crippen LogP contribution in [0.2, 0.25) is 0 Å². The molecule has 0 aliphatic carbocycles. The molecule has 1 saturated heterocycles. The molecule has 32 heavy (non-hydrogen) atoms. The van der Waals surface area contributed by atoms with E-state index in [1.807, 2.05) is 72.8 Å². The molecule has 0 radical (unpaired) electrons. The third kappa shape index (κ3) is 5.87. The highest BCUT2D eigenvalue weighted by Crippen LogP contribution is 2.29. The lowest BCUT2D eigenvalue weighted by Gasteiger charge is -2.38. The van der Waals surface area contributed by atoms with E-state index in [1.54, 1.807) is 0 Å². The summed E-state index contributed by atoms with van der Waals surface area (Å²) in [5, 5.41) is 15.9. The number of aliphatic hydroxyl groups excluding tert-OH is 1. The molecule has 2 atom stereocenters. The normalized spacial score (nSPS) is 18.7. The van der Waals surface area contributed by atoms with Gasteiger partial charge in [-0.3, -0.25) is 4.90 Å². The number of hydrogen-bond acceptors (Lipinski definition) is 4. The van der Waals surface area contributed by atoms with Crippen LogP contribution in [0.25, 0.3) is 0 Å². The molecule has 0 bridgehead atoms. The summed E-state index contributed by atoms with van der Waals surface area (Å²) >= 11 is 0. The van der Waals surface area contributed by atoms with E-state index in [2.05, 4.69) is 27.7 Å². The number of carbonyl (C=O) groups is 1. The van der Waals surface area contributed by atoms with Gasteiger partial charge >= 0.3 is 6.03 Å². The average Bonchev–Trinajstić information content (AvgIpc) is 2.82. The Kier molecular flexibility index (Phi) is 7.38. The quantitative estimate of drug-likeness (QED) is 0.516. The largest absolute Gasteiger partial charge is 0.455 e. The highest BCUT2D eigenvalue weighted by atomic mass is 16.5. The van der Waals surface area contributed by atoms with Gasteiger partial charge in [-0.25, -0.2) is 4.79 Å². The van der Waals surface area contributed by atoms with Gasteiger partial charge < -0.3 is 20.5 Å². The topological polar surface area (TPSA) is 73.8 Å². The summed E-state index contributed by atoms with van der Waals surface area (Å²) in [6.07, 6.45) is 0.785. The maximum Gasteiger partial charge on any atom is 0.319 e. The first kappa shape index (κ1) is 21.9. The lowest BCUT2D eigenvalue weighted by molar-refractivity contribution is 0.0894. The SMILES string of the molecule is O=C(Nc1ccccc1Oc1ccccc1)N[C@@H]1CCN(Cc2ccccc2)C[C@H]1CO. The van der Waals surface area contributed by atoms with Gasteiger partial charge in [-0.15, -0.1) is 0 Å². The molecule has 0 aromatic heterocycles. The Labute approximate surface area is 188 Å². The van der Waals surface area contributed by atoms with Crippen LogP contribution < -0.4 is 15.4 Å². The van der Waals surface area contributed by atoms with Gasteiger partial charge in [-0.2, -0.15) is 0 Å². The van der Waals surface area contributed by atoms with E-state index in [0.29, 0.717) is 17.2 Å². The summed E-state index contributed by atoms with van der Waals surface area (Å²) in [4.78, 5) is 15.1. The summed E-state index contributed by atoms with van der Waals surface area (Å²) < 4.78 is 5.92. The molecular weight excluding hydrogens is 402 g/mol. The fourth-order valence-corrected chi connectivity index (χ4v) is 4.07. The van der Waals surface area contributed by atoms with Crippen LogP contribution in [0.3, 0.4) is 0 Å². The molecule has 3 aromatic carbocycles. The number of aliphatic hydroxyl groups is 1. The minimum absolute atomic E-state index is 0.0194. The van der Waals surface area contributed by atoms with E-state index in [0.717, 1.165) is 26.1 Å². The molecule has 3 N–H and O–H groups in total. The predicted molar refractivity (Wildman–Crippen MR) is 126 cm³/mol. The number of rotatable bonds is 7. The smallest absolute Gasteiger partial charge is 0.319 e. The van der Waals surface area contributed by atoms with E-state index in [4.69, 9.17) is 4.74 Å². The first-order chi connectivity index (χ1) is 15.7. The lowest BCUT2D eigenvalue weighted by Crippen LogP contribution is -2.52. The van der Waals surface area contributed by atoms with Crippen molar-refractivity contribution >= 4 is 11.7 Å². The number of carbonyl (C=O) groups excluding carboxylic acids is 1. The van der Waals surface area contributed by atoms with Crippen LogP contribution in [0, 0.1) is 5.92 Å². The minimum Gasteiger partial charge on any atom is -0.455 e. The van der Waals surface area contributed by atoms with Crippen molar-refractivity contribution in [1.82, 2.24) is 10.2 Å². The first-order valence-corrected chi connectivity index (χ1v) is 11.0. The number of benzene rings is 3. The van der Waals surface area contributed by atoms with Crippen molar-refractivity contribution in [3.63, 3.8) is 0 Å². The Morgan fingerprint density at radius 3 is 2.41 bits per heavy atom. The zero-order valence-corrected chi connectivity index (χ0v) is 18.0. The Hall–Kier alpha value is -3.35.